The molecule has 1 aliphatic rings. The van der Waals surface area contributed by atoms with Crippen molar-refractivity contribution in [1.82, 2.24) is 14.9 Å². The Labute approximate surface area is 298 Å². The van der Waals surface area contributed by atoms with Gasteiger partial charge in [0, 0.05) is 29.4 Å². The zero-order chi connectivity index (χ0) is 35.8. The lowest BCUT2D eigenvalue weighted by molar-refractivity contribution is 0.112. The number of nitrogens with zero attached hydrogens (tertiary/aromatic N) is 3. The van der Waals surface area contributed by atoms with Crippen LogP contribution in [0, 0.1) is 11.8 Å². The number of benzene rings is 2. The maximum absolute atomic E-state index is 14.2. The molecule has 264 valence electrons. The number of fused-ring (bicyclic) bond motifs is 1. The Morgan fingerprint density at radius 3 is 2.26 bits per heavy atom. The van der Waals surface area contributed by atoms with E-state index in [1.165, 1.54) is 19.3 Å². The zero-order valence-electron chi connectivity index (χ0n) is 31.2. The van der Waals surface area contributed by atoms with Crippen LogP contribution < -0.4 is 15.8 Å². The topological polar surface area (TPSA) is 81.3 Å². The van der Waals surface area contributed by atoms with E-state index in [0.29, 0.717) is 17.9 Å². The SMILES string of the molecule is CCCCN(C(=O)Nc1c(C(C)C)cc(-c2cccc(C#CC3(N(CC)CC)CCCCC3)c2)cc1C(C)C)c1cc2cccnc2[nH]c1=O. The molecule has 0 bridgehead atoms. The number of unbranched alkanes of at least 4 members (excludes halogenated alkanes) is 1. The van der Waals surface area contributed by atoms with Crippen molar-refractivity contribution in [3.63, 3.8) is 0 Å². The number of aromatic amines is 1. The first kappa shape index (κ1) is 36.9. The second-order valence-electron chi connectivity index (χ2n) is 14.3. The van der Waals surface area contributed by atoms with E-state index < -0.39 is 0 Å². The number of hydrogen-bond acceptors (Lipinski definition) is 4. The summed E-state index contributed by atoms with van der Waals surface area (Å²) in [4.78, 5) is 38.7. The summed E-state index contributed by atoms with van der Waals surface area (Å²) in [6.45, 7) is 17.7. The van der Waals surface area contributed by atoms with Crippen LogP contribution in [-0.4, -0.2) is 46.1 Å². The molecule has 0 saturated heterocycles. The molecule has 4 aromatic rings. The number of hydrogen-bond donors (Lipinski definition) is 2. The first-order valence-electron chi connectivity index (χ1n) is 18.7. The van der Waals surface area contributed by atoms with Crippen LogP contribution in [0.25, 0.3) is 22.2 Å². The number of H-pyrrole nitrogens is 1. The molecule has 0 radical (unpaired) electrons. The number of nitrogens with one attached hydrogen (secondary N) is 2. The van der Waals surface area contributed by atoms with Crippen LogP contribution in [0.3, 0.4) is 0 Å². The van der Waals surface area contributed by atoms with E-state index in [1.807, 2.05) is 12.1 Å². The molecular formula is C43H55N5O2. The van der Waals surface area contributed by atoms with Crippen molar-refractivity contribution in [2.24, 2.45) is 0 Å². The molecule has 1 saturated carbocycles. The lowest BCUT2D eigenvalue weighted by Crippen LogP contribution is -2.48. The first-order chi connectivity index (χ1) is 24.1. The van der Waals surface area contributed by atoms with Crippen LogP contribution in [0.4, 0.5) is 16.2 Å². The smallest absolute Gasteiger partial charge is 0.307 e. The van der Waals surface area contributed by atoms with Gasteiger partial charge in [-0.05, 0) is 109 Å². The van der Waals surface area contributed by atoms with Gasteiger partial charge in [-0.3, -0.25) is 14.6 Å². The molecule has 0 aliphatic heterocycles. The van der Waals surface area contributed by atoms with Gasteiger partial charge in [0.2, 0.25) is 0 Å². The summed E-state index contributed by atoms with van der Waals surface area (Å²) in [5.74, 6) is 7.66. The quantitative estimate of drug-likeness (QED) is 0.155. The van der Waals surface area contributed by atoms with Crippen LogP contribution in [0.15, 0.2) is 65.6 Å². The number of rotatable bonds is 11. The van der Waals surface area contributed by atoms with Gasteiger partial charge in [-0.25, -0.2) is 9.78 Å². The summed E-state index contributed by atoms with van der Waals surface area (Å²) in [6.07, 6.45) is 9.32. The number of amides is 2. The third-order valence-corrected chi connectivity index (χ3v) is 10.2. The Balaban J connectivity index is 1.52. The van der Waals surface area contributed by atoms with E-state index in [4.69, 9.17) is 0 Å². The molecule has 1 aliphatic carbocycles. The second kappa shape index (κ2) is 16.5. The van der Waals surface area contributed by atoms with Gasteiger partial charge in [-0.2, -0.15) is 0 Å². The fourth-order valence-electron chi connectivity index (χ4n) is 7.41. The summed E-state index contributed by atoms with van der Waals surface area (Å²) >= 11 is 0. The van der Waals surface area contributed by atoms with E-state index in [2.05, 4.69) is 117 Å². The summed E-state index contributed by atoms with van der Waals surface area (Å²) in [7, 11) is 0. The van der Waals surface area contributed by atoms with Crippen LogP contribution in [0.1, 0.15) is 122 Å². The molecule has 5 rings (SSSR count). The molecule has 7 heteroatoms. The van der Waals surface area contributed by atoms with E-state index in [0.717, 1.165) is 77.7 Å². The highest BCUT2D eigenvalue weighted by atomic mass is 16.2. The van der Waals surface area contributed by atoms with Gasteiger partial charge >= 0.3 is 6.03 Å². The van der Waals surface area contributed by atoms with Gasteiger partial charge in [0.05, 0.1) is 5.54 Å². The molecule has 2 aromatic heterocycles. The summed E-state index contributed by atoms with van der Waals surface area (Å²) in [5.41, 5.74) is 6.62. The molecule has 2 heterocycles. The van der Waals surface area contributed by atoms with Crippen molar-refractivity contribution in [2.75, 3.05) is 29.9 Å². The predicted octanol–water partition coefficient (Wildman–Crippen LogP) is 10.1. The Morgan fingerprint density at radius 2 is 1.62 bits per heavy atom. The third kappa shape index (κ3) is 8.13. The third-order valence-electron chi connectivity index (χ3n) is 10.2. The van der Waals surface area contributed by atoms with Crippen LogP contribution in [0.2, 0.25) is 0 Å². The molecule has 1 fully saturated rings. The molecule has 7 nitrogen and oxygen atoms in total. The monoisotopic (exact) mass is 673 g/mol. The molecule has 2 N–H and O–H groups in total. The number of carbonyl (C=O) groups excluding carboxylic acids is 1. The molecule has 2 aromatic carbocycles. The van der Waals surface area contributed by atoms with Gasteiger partial charge in [0.15, 0.2) is 0 Å². The Kier molecular flexibility index (Phi) is 12.2. The van der Waals surface area contributed by atoms with Crippen molar-refractivity contribution >= 4 is 28.4 Å². The van der Waals surface area contributed by atoms with Crippen LogP contribution in [0.5, 0.6) is 0 Å². The lowest BCUT2D eigenvalue weighted by atomic mass is 9.80. The van der Waals surface area contributed by atoms with Crippen molar-refractivity contribution in [3.05, 3.63) is 87.8 Å². The van der Waals surface area contributed by atoms with Crippen molar-refractivity contribution in [1.29, 1.82) is 0 Å². The number of aromatic nitrogens is 2. The highest BCUT2D eigenvalue weighted by molar-refractivity contribution is 6.03. The van der Waals surface area contributed by atoms with Crippen LogP contribution in [-0.2, 0) is 0 Å². The van der Waals surface area contributed by atoms with Crippen molar-refractivity contribution in [3.8, 4) is 23.0 Å². The van der Waals surface area contributed by atoms with E-state index in [9.17, 15) is 9.59 Å². The van der Waals surface area contributed by atoms with Crippen LogP contribution >= 0.6 is 0 Å². The normalized spacial score (nSPS) is 14.2. The largest absolute Gasteiger partial charge is 0.326 e. The number of pyridine rings is 2. The molecule has 0 atom stereocenters. The lowest BCUT2D eigenvalue weighted by Gasteiger charge is -2.42. The molecule has 0 spiro atoms. The van der Waals surface area contributed by atoms with Gasteiger partial charge in [-0.1, -0.05) is 98.1 Å². The zero-order valence-corrected chi connectivity index (χ0v) is 31.2. The second-order valence-corrected chi connectivity index (χ2v) is 14.3. The van der Waals surface area contributed by atoms with Gasteiger partial charge in [0.1, 0.15) is 11.3 Å². The minimum absolute atomic E-state index is 0.0487. The molecular weight excluding hydrogens is 619 g/mol. The minimum Gasteiger partial charge on any atom is -0.307 e. The predicted molar refractivity (Wildman–Crippen MR) is 209 cm³/mol. The fourth-order valence-corrected chi connectivity index (χ4v) is 7.41. The average Bonchev–Trinajstić information content (AvgIpc) is 3.12. The standard InChI is InChI=1S/C43H55N5O2/c1-8-11-25-48(38-29-34-19-16-24-44-40(34)46-41(38)49)42(50)45-39-36(30(4)5)27-35(28-37(39)31(6)7)33-18-15-17-32(26-33)20-23-43(47(9-2)10-3)21-13-12-14-22-43/h15-19,24,26-31H,8-14,21-22,25H2,1-7H3,(H,45,50)(H,44,46,49). The van der Waals surface area contributed by atoms with E-state index >= 15 is 0 Å². The molecule has 50 heavy (non-hydrogen) atoms. The Hall–Kier alpha value is -4.41. The molecule has 0 unspecified atom stereocenters. The maximum atomic E-state index is 14.2. The van der Waals surface area contributed by atoms with Crippen molar-refractivity contribution in [2.45, 2.75) is 111 Å². The Bertz CT molecular complexity index is 1870. The maximum Gasteiger partial charge on any atom is 0.326 e. The van der Waals surface area contributed by atoms with Gasteiger partial charge in [-0.15, -0.1) is 0 Å². The first-order valence-corrected chi connectivity index (χ1v) is 18.7. The summed E-state index contributed by atoms with van der Waals surface area (Å²) in [6, 6.07) is 18.2. The Morgan fingerprint density at radius 1 is 0.920 bits per heavy atom. The van der Waals surface area contributed by atoms with Gasteiger partial charge < -0.3 is 10.3 Å². The number of urea groups is 1. The average molecular weight is 674 g/mol. The highest BCUT2D eigenvalue weighted by Crippen LogP contribution is 2.38. The summed E-state index contributed by atoms with van der Waals surface area (Å²) < 4.78 is 0. The van der Waals surface area contributed by atoms with E-state index in [-0.39, 0.29) is 29.0 Å². The minimum atomic E-state index is -0.333. The fraction of sp³-hybridized carbons (Fsp3) is 0.465. The summed E-state index contributed by atoms with van der Waals surface area (Å²) in [5, 5.41) is 4.07. The highest BCUT2D eigenvalue weighted by Gasteiger charge is 2.34. The van der Waals surface area contributed by atoms with E-state index in [1.54, 1.807) is 17.2 Å². The number of carbonyl (C=O) groups is 1. The number of anilines is 2. The molecule has 2 amide bonds. The van der Waals surface area contributed by atoms with Crippen molar-refractivity contribution < 1.29 is 4.79 Å². The van der Waals surface area contributed by atoms with Gasteiger partial charge in [0.25, 0.3) is 5.56 Å².